The van der Waals surface area contributed by atoms with Crippen molar-refractivity contribution >= 4 is 11.0 Å². The van der Waals surface area contributed by atoms with E-state index in [1.165, 1.54) is 5.56 Å². The molecule has 0 spiro atoms. The third-order valence-electron chi connectivity index (χ3n) is 3.88. The van der Waals surface area contributed by atoms with Crippen molar-refractivity contribution in [1.82, 2.24) is 4.90 Å². The second kappa shape index (κ2) is 5.31. The second-order valence-corrected chi connectivity index (χ2v) is 5.44. The van der Waals surface area contributed by atoms with Gasteiger partial charge in [-0.15, -0.1) is 0 Å². The highest BCUT2D eigenvalue weighted by molar-refractivity contribution is 5.84. The topological polar surface area (TPSA) is 42.7 Å². The first kappa shape index (κ1) is 13.1. The Kier molecular flexibility index (Phi) is 3.16. The zero-order valence-corrected chi connectivity index (χ0v) is 12.0. The molecule has 4 heteroatoms. The molecular weight excluding hydrogens is 278 g/mol. The molecule has 0 amide bonds. The van der Waals surface area contributed by atoms with Crippen LogP contribution < -0.4 is 10.4 Å². The van der Waals surface area contributed by atoms with Gasteiger partial charge in [-0.3, -0.25) is 4.90 Å². The maximum atomic E-state index is 12.2. The van der Waals surface area contributed by atoms with Gasteiger partial charge in [0.1, 0.15) is 18.1 Å². The number of fused-ring (bicyclic) bond motifs is 3. The van der Waals surface area contributed by atoms with Crippen LogP contribution in [0.1, 0.15) is 11.1 Å². The van der Waals surface area contributed by atoms with E-state index in [1.54, 1.807) is 6.07 Å². The molecule has 0 N–H and O–H groups in total. The summed E-state index contributed by atoms with van der Waals surface area (Å²) in [5, 5.41) is 0.858. The van der Waals surface area contributed by atoms with E-state index in [0.717, 1.165) is 11.9 Å². The van der Waals surface area contributed by atoms with Crippen LogP contribution in [0.2, 0.25) is 0 Å². The molecule has 0 unspecified atom stereocenters. The molecular formula is C18H15NO3. The average Bonchev–Trinajstić information content (AvgIpc) is 2.56. The Morgan fingerprint density at radius 2 is 1.77 bits per heavy atom. The molecule has 1 aliphatic rings. The molecule has 0 saturated heterocycles. The Bertz CT molecular complexity index is 870. The van der Waals surface area contributed by atoms with Gasteiger partial charge < -0.3 is 9.15 Å². The molecule has 2 aromatic carbocycles. The Hall–Kier alpha value is -2.59. The fourth-order valence-electron chi connectivity index (χ4n) is 2.83. The number of nitrogens with zero attached hydrogens (tertiary/aromatic N) is 1. The van der Waals surface area contributed by atoms with Crippen molar-refractivity contribution in [2.24, 2.45) is 0 Å². The molecule has 22 heavy (non-hydrogen) atoms. The monoisotopic (exact) mass is 293 g/mol. The fraction of sp³-hybridized carbons (Fsp3) is 0.167. The second-order valence-electron chi connectivity index (χ2n) is 5.44. The molecule has 1 aliphatic heterocycles. The van der Waals surface area contributed by atoms with Crippen molar-refractivity contribution in [2.45, 2.75) is 13.1 Å². The van der Waals surface area contributed by atoms with Gasteiger partial charge in [-0.1, -0.05) is 42.5 Å². The quantitative estimate of drug-likeness (QED) is 0.681. The van der Waals surface area contributed by atoms with Crippen molar-refractivity contribution in [3.63, 3.8) is 0 Å². The first-order chi connectivity index (χ1) is 10.8. The number of rotatable bonds is 2. The van der Waals surface area contributed by atoms with E-state index >= 15 is 0 Å². The standard InChI is InChI=1S/C18H15NO3/c20-18-15-11-19(10-13-6-2-1-3-7-13)12-21-17(15)14-8-4-5-9-16(14)22-18/h1-9H,10-12H2. The van der Waals surface area contributed by atoms with Gasteiger partial charge in [0.2, 0.25) is 0 Å². The molecule has 0 radical (unpaired) electrons. The van der Waals surface area contributed by atoms with Gasteiger partial charge in [0.15, 0.2) is 0 Å². The van der Waals surface area contributed by atoms with Gasteiger partial charge in [0.05, 0.1) is 10.9 Å². The Morgan fingerprint density at radius 3 is 2.64 bits per heavy atom. The molecule has 4 nitrogen and oxygen atoms in total. The van der Waals surface area contributed by atoms with Gasteiger partial charge in [0, 0.05) is 13.1 Å². The lowest BCUT2D eigenvalue weighted by atomic mass is 10.1. The van der Waals surface area contributed by atoms with Crippen LogP contribution >= 0.6 is 0 Å². The summed E-state index contributed by atoms with van der Waals surface area (Å²) in [6, 6.07) is 17.6. The van der Waals surface area contributed by atoms with Crippen LogP contribution in [0.15, 0.2) is 63.8 Å². The van der Waals surface area contributed by atoms with Crippen molar-refractivity contribution in [3.8, 4) is 5.75 Å². The summed E-state index contributed by atoms with van der Waals surface area (Å²) in [6.07, 6.45) is 0. The summed E-state index contributed by atoms with van der Waals surface area (Å²) < 4.78 is 11.3. The van der Waals surface area contributed by atoms with E-state index in [9.17, 15) is 4.79 Å². The highest BCUT2D eigenvalue weighted by Gasteiger charge is 2.23. The Labute approximate surface area is 127 Å². The van der Waals surface area contributed by atoms with Crippen LogP contribution in [0.5, 0.6) is 5.75 Å². The average molecular weight is 293 g/mol. The summed E-state index contributed by atoms with van der Waals surface area (Å²) in [7, 11) is 0. The molecule has 0 atom stereocenters. The maximum Gasteiger partial charge on any atom is 0.344 e. The molecule has 0 bridgehead atoms. The fourth-order valence-corrected chi connectivity index (χ4v) is 2.83. The van der Waals surface area contributed by atoms with Crippen molar-refractivity contribution < 1.29 is 9.15 Å². The molecule has 1 aromatic heterocycles. The maximum absolute atomic E-state index is 12.2. The normalized spacial score (nSPS) is 14.5. The van der Waals surface area contributed by atoms with E-state index in [4.69, 9.17) is 9.15 Å². The number of hydrogen-bond acceptors (Lipinski definition) is 4. The van der Waals surface area contributed by atoms with E-state index in [-0.39, 0.29) is 5.63 Å². The first-order valence-electron chi connectivity index (χ1n) is 7.25. The Morgan fingerprint density at radius 1 is 1.00 bits per heavy atom. The smallest absolute Gasteiger partial charge is 0.344 e. The van der Waals surface area contributed by atoms with Gasteiger partial charge in [0.25, 0.3) is 0 Å². The van der Waals surface area contributed by atoms with Crippen molar-refractivity contribution in [1.29, 1.82) is 0 Å². The van der Waals surface area contributed by atoms with Crippen LogP contribution in [-0.2, 0) is 13.1 Å². The van der Waals surface area contributed by atoms with Crippen molar-refractivity contribution in [3.05, 3.63) is 76.1 Å². The summed E-state index contributed by atoms with van der Waals surface area (Å²) in [5.41, 5.74) is 2.05. The lowest BCUT2D eigenvalue weighted by molar-refractivity contribution is 0.0877. The predicted molar refractivity (Wildman–Crippen MR) is 83.7 cm³/mol. The third-order valence-corrected chi connectivity index (χ3v) is 3.88. The Balaban J connectivity index is 1.69. The van der Waals surface area contributed by atoms with Crippen molar-refractivity contribution in [2.75, 3.05) is 6.73 Å². The summed E-state index contributed by atoms with van der Waals surface area (Å²) in [4.78, 5) is 14.3. The minimum absolute atomic E-state index is 0.313. The molecule has 0 aliphatic carbocycles. The van der Waals surface area contributed by atoms with Gasteiger partial charge in [-0.25, -0.2) is 4.79 Å². The SMILES string of the molecule is O=c1oc2ccccc2c2c1CN(Cc1ccccc1)CO2. The number of para-hydroxylation sites is 1. The first-order valence-corrected chi connectivity index (χ1v) is 7.25. The molecule has 0 saturated carbocycles. The molecule has 0 fully saturated rings. The number of hydrogen-bond donors (Lipinski definition) is 0. The van der Waals surface area contributed by atoms with Crippen LogP contribution in [0.25, 0.3) is 11.0 Å². The van der Waals surface area contributed by atoms with E-state index in [1.807, 2.05) is 36.4 Å². The zero-order chi connectivity index (χ0) is 14.9. The lowest BCUT2D eigenvalue weighted by Gasteiger charge is -2.28. The van der Waals surface area contributed by atoms with E-state index in [0.29, 0.717) is 30.2 Å². The predicted octanol–water partition coefficient (Wildman–Crippen LogP) is 3.15. The minimum atomic E-state index is -0.313. The van der Waals surface area contributed by atoms with Crippen LogP contribution in [0.3, 0.4) is 0 Å². The highest BCUT2D eigenvalue weighted by Crippen LogP contribution is 2.31. The number of benzene rings is 2. The zero-order valence-electron chi connectivity index (χ0n) is 12.0. The van der Waals surface area contributed by atoms with Gasteiger partial charge in [-0.2, -0.15) is 0 Å². The molecule has 4 rings (SSSR count). The van der Waals surface area contributed by atoms with E-state index < -0.39 is 0 Å². The third kappa shape index (κ3) is 2.27. The largest absolute Gasteiger partial charge is 0.477 e. The van der Waals surface area contributed by atoms with Gasteiger partial charge >= 0.3 is 5.63 Å². The molecule has 3 aromatic rings. The molecule has 2 heterocycles. The lowest BCUT2D eigenvalue weighted by Crippen LogP contribution is -2.34. The number of ether oxygens (including phenoxy) is 1. The van der Waals surface area contributed by atoms with Crippen LogP contribution in [0, 0.1) is 0 Å². The summed E-state index contributed by atoms with van der Waals surface area (Å²) >= 11 is 0. The highest BCUT2D eigenvalue weighted by atomic mass is 16.5. The van der Waals surface area contributed by atoms with Gasteiger partial charge in [-0.05, 0) is 17.7 Å². The summed E-state index contributed by atoms with van der Waals surface area (Å²) in [5.74, 6) is 0.663. The van der Waals surface area contributed by atoms with E-state index in [2.05, 4.69) is 17.0 Å². The van der Waals surface area contributed by atoms with Crippen LogP contribution in [-0.4, -0.2) is 11.6 Å². The summed E-state index contributed by atoms with van der Waals surface area (Å²) in [6.45, 7) is 1.75. The minimum Gasteiger partial charge on any atom is -0.477 e. The molecule has 110 valence electrons. The van der Waals surface area contributed by atoms with Crippen LogP contribution in [0.4, 0.5) is 0 Å².